The quantitative estimate of drug-likeness (QED) is 0.148. The Morgan fingerprint density at radius 2 is 0.773 bits per heavy atom. The highest BCUT2D eigenvalue weighted by Gasteiger charge is 2.37. The minimum atomic E-state index is -0.908. The van der Waals surface area contributed by atoms with Gasteiger partial charge in [-0.1, -0.05) is 162 Å². The van der Waals surface area contributed by atoms with Gasteiger partial charge in [-0.3, -0.25) is 38.7 Å². The number of rotatable bonds is 4. The maximum Gasteiger partial charge on any atom is 0.408 e. The molecule has 0 saturated carbocycles. The number of aromatic nitrogens is 6. The average Bonchev–Trinajstić information content (AvgIpc) is 1.65. The molecule has 11 aromatic rings. The van der Waals surface area contributed by atoms with Crippen molar-refractivity contribution < 1.29 is 52.6 Å². The number of fused-ring (bicyclic) bond motifs is 8. The van der Waals surface area contributed by atoms with Crippen molar-refractivity contribution in [1.29, 1.82) is 0 Å². The molecule has 8 aromatic carbocycles. The largest absolute Gasteiger partial charge is 0.444 e. The lowest BCUT2D eigenvalue weighted by Crippen LogP contribution is -2.44. The number of benzene rings is 8. The molecule has 0 bridgehead atoms. The van der Waals surface area contributed by atoms with E-state index < -0.39 is 47.3 Å². The number of alkyl carbamates (subject to hydrolysis) is 2. The Balaban J connectivity index is 0.000000134. The van der Waals surface area contributed by atoms with Crippen molar-refractivity contribution in [3.8, 4) is 33.8 Å². The zero-order valence-corrected chi connectivity index (χ0v) is 55.9. The number of halogens is 5. The fourth-order valence-electron chi connectivity index (χ4n) is 11.8. The third-order valence-electron chi connectivity index (χ3n) is 15.8. The Hall–Kier alpha value is -10.2. The molecule has 2 amide bonds. The van der Waals surface area contributed by atoms with Crippen LogP contribution in [0.25, 0.3) is 66.5 Å². The van der Waals surface area contributed by atoms with E-state index in [9.17, 15) is 43.2 Å². The summed E-state index contributed by atoms with van der Waals surface area (Å²) >= 11 is 30.8. The molecule has 0 saturated heterocycles. The molecule has 97 heavy (non-hydrogen) atoms. The van der Waals surface area contributed by atoms with Gasteiger partial charge in [-0.15, -0.1) is 0 Å². The highest BCUT2D eigenvalue weighted by Crippen LogP contribution is 2.45. The van der Waals surface area contributed by atoms with Gasteiger partial charge in [0.15, 0.2) is 28.9 Å². The van der Waals surface area contributed by atoms with Crippen LogP contribution in [0, 0.1) is 0 Å². The average molecular weight is 1400 g/mol. The number of hydrogen-bond acceptors (Lipinski definition) is 14. The van der Waals surface area contributed by atoms with E-state index in [0.717, 1.165) is 22.2 Å². The second-order valence-corrected chi connectivity index (χ2v) is 26.6. The van der Waals surface area contributed by atoms with E-state index in [2.05, 4.69) is 31.0 Å². The fourth-order valence-corrected chi connectivity index (χ4v) is 13.1. The number of ketones is 5. The zero-order valence-electron chi connectivity index (χ0n) is 52.1. The first-order valence-electron chi connectivity index (χ1n) is 29.8. The Labute approximate surface area is 579 Å². The predicted molar refractivity (Wildman–Crippen MR) is 373 cm³/mol. The Morgan fingerprint density at radius 1 is 0.423 bits per heavy atom. The first kappa shape index (κ1) is 68.2. The van der Waals surface area contributed by atoms with Gasteiger partial charge in [-0.05, 0) is 104 Å². The monoisotopic (exact) mass is 1400 g/mol. The molecule has 490 valence electrons. The van der Waals surface area contributed by atoms with Crippen LogP contribution in [0.5, 0.6) is 0 Å². The van der Waals surface area contributed by atoms with Crippen LogP contribution in [-0.2, 0) is 9.47 Å². The Bertz CT molecular complexity index is 5170. The number of hydrogen-bond donors (Lipinski definition) is 3. The Morgan fingerprint density at radius 3 is 1.25 bits per heavy atom. The van der Waals surface area contributed by atoms with E-state index in [1.807, 2.05) is 30.3 Å². The van der Waals surface area contributed by atoms with E-state index in [1.54, 1.807) is 171 Å². The van der Waals surface area contributed by atoms with Crippen LogP contribution in [0.4, 0.5) is 9.59 Å². The molecule has 4 aliphatic rings. The van der Waals surface area contributed by atoms with Crippen LogP contribution in [-0.4, -0.2) is 106 Å². The molecule has 19 nitrogen and oxygen atoms in total. The van der Waals surface area contributed by atoms with Crippen LogP contribution in [0.3, 0.4) is 0 Å². The smallest absolute Gasteiger partial charge is 0.408 e. The molecule has 0 fully saturated rings. The summed E-state index contributed by atoms with van der Waals surface area (Å²) in [6, 6.07) is 39.4. The van der Waals surface area contributed by atoms with E-state index >= 15 is 0 Å². The van der Waals surface area contributed by atoms with Crippen LogP contribution >= 0.6 is 58.0 Å². The molecule has 0 unspecified atom stereocenters. The van der Waals surface area contributed by atoms with Crippen molar-refractivity contribution in [2.24, 2.45) is 0 Å². The summed E-state index contributed by atoms with van der Waals surface area (Å²) < 4.78 is 12.9. The molecular weight excluding hydrogens is 1340 g/mol. The van der Waals surface area contributed by atoms with Gasteiger partial charge < -0.3 is 20.1 Å². The molecule has 0 aliphatic heterocycles. The van der Waals surface area contributed by atoms with Crippen molar-refractivity contribution in [3.05, 3.63) is 226 Å². The van der Waals surface area contributed by atoms with Crippen LogP contribution in [0.15, 0.2) is 146 Å². The molecule has 3 aromatic heterocycles. The summed E-state index contributed by atoms with van der Waals surface area (Å²) in [7, 11) is 0. The topological polar surface area (TPSA) is 260 Å². The standard InChI is InChI=1S/2C22H20ClN3O4.C14H6Cl2O2.C14H7ClN2O.CH4/c1-11(24-21(29)30-22(2,3)4)20(28)26-15-10-6-8-13-17(15)18(25-26)12-7-5-9-14(23)16(12)19(13)27;1-11(24-21(29)30-22(2,3)4)20(28)26-18-12-7-5-9-14(23)16(12)19(27)13-8-6-10-15(25-26)17(13)18;15-9-5-1-3-7-11(9)14(18)8-4-2-6-10(16)12(8)13(7)17;15-9-5-1-3-7-11(9)14(18)8-4-2-6-10-12(8)13(7)17-16-10;/h2*5-11H,1-4H3,(H,24,29);1-6H;1-6H,(H,16,17);1H4/t2*11-;;;/m00.../s1. The van der Waals surface area contributed by atoms with Gasteiger partial charge in [0.1, 0.15) is 34.7 Å². The van der Waals surface area contributed by atoms with Gasteiger partial charge in [0.05, 0.1) is 75.2 Å². The lowest BCUT2D eigenvalue weighted by atomic mass is 9.84. The van der Waals surface area contributed by atoms with Gasteiger partial charge in [0, 0.05) is 60.7 Å². The number of aromatic amines is 1. The summed E-state index contributed by atoms with van der Waals surface area (Å²) in [5.74, 6) is -1.87. The lowest BCUT2D eigenvalue weighted by Gasteiger charge is -2.22. The van der Waals surface area contributed by atoms with Gasteiger partial charge in [-0.25, -0.2) is 9.59 Å². The molecule has 3 heterocycles. The van der Waals surface area contributed by atoms with Crippen LogP contribution in [0.2, 0.25) is 25.1 Å². The third kappa shape index (κ3) is 12.4. The predicted octanol–water partition coefficient (Wildman–Crippen LogP) is 16.7. The van der Waals surface area contributed by atoms with Crippen molar-refractivity contribution in [1.82, 2.24) is 40.4 Å². The molecule has 24 heteroatoms. The fraction of sp³-hybridized carbons (Fsp3) is 0.178. The van der Waals surface area contributed by atoms with Gasteiger partial charge in [0.2, 0.25) is 0 Å². The molecule has 2 atom stereocenters. The molecular formula is C73H57Cl5N8O11. The summed E-state index contributed by atoms with van der Waals surface area (Å²) in [6.45, 7) is 13.5. The normalized spacial score (nSPS) is 13.3. The molecule has 15 rings (SSSR count). The summed E-state index contributed by atoms with van der Waals surface area (Å²) in [5.41, 5.74) is 8.17. The minimum absolute atomic E-state index is 0. The van der Waals surface area contributed by atoms with Crippen molar-refractivity contribution in [2.45, 2.75) is 86.1 Å². The van der Waals surface area contributed by atoms with Crippen LogP contribution < -0.4 is 10.6 Å². The second-order valence-electron chi connectivity index (χ2n) is 24.6. The molecule has 0 radical (unpaired) electrons. The highest BCUT2D eigenvalue weighted by molar-refractivity contribution is 6.43. The maximum absolute atomic E-state index is 13.2. The van der Waals surface area contributed by atoms with E-state index in [1.165, 1.54) is 9.36 Å². The summed E-state index contributed by atoms with van der Waals surface area (Å²) in [5, 5.41) is 25.0. The highest BCUT2D eigenvalue weighted by atomic mass is 35.5. The van der Waals surface area contributed by atoms with Gasteiger partial charge in [-0.2, -0.15) is 24.7 Å². The van der Waals surface area contributed by atoms with Crippen LogP contribution in [0.1, 0.15) is 152 Å². The first-order chi connectivity index (χ1) is 45.5. The number of H-pyrrole nitrogens is 1. The lowest BCUT2D eigenvalue weighted by molar-refractivity contribution is 0.0480. The molecule has 3 N–H and O–H groups in total. The van der Waals surface area contributed by atoms with Gasteiger partial charge in [0.25, 0.3) is 11.8 Å². The number of amides is 2. The number of nitrogens with one attached hydrogen (secondary N) is 3. The maximum atomic E-state index is 13.2. The molecule has 4 aliphatic carbocycles. The number of carbonyl (C=O) groups is 9. The number of ether oxygens (including phenoxy) is 2. The summed E-state index contributed by atoms with van der Waals surface area (Å²) in [6.07, 6.45) is -1.40. The Kier molecular flexibility index (Phi) is 18.4. The van der Waals surface area contributed by atoms with Crippen molar-refractivity contribution in [3.63, 3.8) is 0 Å². The van der Waals surface area contributed by atoms with Crippen molar-refractivity contribution in [2.75, 3.05) is 0 Å². The second kappa shape index (κ2) is 26.1. The van der Waals surface area contributed by atoms with E-state index in [0.29, 0.717) is 104 Å². The van der Waals surface area contributed by atoms with E-state index in [-0.39, 0.29) is 57.5 Å². The summed E-state index contributed by atoms with van der Waals surface area (Å²) in [4.78, 5) is 114. The zero-order chi connectivity index (χ0) is 68.7. The number of nitrogens with zero attached hydrogens (tertiary/aromatic N) is 5. The van der Waals surface area contributed by atoms with E-state index in [4.69, 9.17) is 67.5 Å². The van der Waals surface area contributed by atoms with Crippen molar-refractivity contribution >= 4 is 144 Å². The van der Waals surface area contributed by atoms with Gasteiger partial charge >= 0.3 is 12.2 Å². The first-order valence-corrected chi connectivity index (χ1v) is 31.7. The number of carbonyl (C=O) groups excluding carboxylic acids is 9. The molecule has 0 spiro atoms. The third-order valence-corrected chi connectivity index (χ3v) is 17.4. The minimum Gasteiger partial charge on any atom is -0.444 e. The SMILES string of the molecule is C.C[C@H](NC(=O)OC(C)(C)C)C(=O)n1nc2c3c(cccc31)C(=O)c1c(Cl)cccc1-2.C[C@H](NC(=O)OC(C)(C)C)C(=O)n1nc2cccc3c2c1-c1cccc(Cl)c1C3=O.O=C1c2c(Cl)cccc2-c2n[nH]c3cccc1c23.O=C1c2cccc(Cl)c2C(=O)c2cccc(Cl)c21.